The summed E-state index contributed by atoms with van der Waals surface area (Å²) in [5.74, 6) is -1.58. The van der Waals surface area contributed by atoms with E-state index in [-0.39, 0.29) is 19.1 Å². The van der Waals surface area contributed by atoms with E-state index in [1.807, 2.05) is 43.3 Å². The van der Waals surface area contributed by atoms with Crippen molar-refractivity contribution in [3.8, 4) is 5.75 Å². The molecule has 9 heteroatoms. The Hall–Kier alpha value is -4.17. The Bertz CT molecular complexity index is 1200. The molecule has 3 N–H and O–H groups in total. The quantitative estimate of drug-likeness (QED) is 0.262. The van der Waals surface area contributed by atoms with Crippen molar-refractivity contribution in [2.24, 2.45) is 5.10 Å². The molecule has 3 aromatic carbocycles. The second-order valence-corrected chi connectivity index (χ2v) is 7.65. The van der Waals surface area contributed by atoms with E-state index in [1.54, 1.807) is 36.4 Å². The summed E-state index contributed by atoms with van der Waals surface area (Å²) in [4.78, 5) is 35.9. The lowest BCUT2D eigenvalue weighted by Gasteiger charge is -2.09. The highest BCUT2D eigenvalue weighted by molar-refractivity contribution is 6.35. The summed E-state index contributed by atoms with van der Waals surface area (Å²) in [6, 6.07) is 21.2. The van der Waals surface area contributed by atoms with E-state index in [9.17, 15) is 14.4 Å². The second-order valence-electron chi connectivity index (χ2n) is 7.24. The number of nitrogens with one attached hydrogen (secondary N) is 3. The van der Waals surface area contributed by atoms with Gasteiger partial charge in [0.05, 0.1) is 6.21 Å². The SMILES string of the molecule is Cc1ccc(NC(=O)COc2cccc(/C=N\NC(=O)C(=O)NCc3ccccc3)c2)cc1Cl. The number of aryl methyl sites for hydroxylation is 1. The highest BCUT2D eigenvalue weighted by Crippen LogP contribution is 2.20. The minimum absolute atomic E-state index is 0.204. The lowest BCUT2D eigenvalue weighted by atomic mass is 10.2. The number of nitrogens with zero attached hydrogens (tertiary/aromatic N) is 1. The first kappa shape index (κ1) is 24.5. The van der Waals surface area contributed by atoms with Crippen molar-refractivity contribution in [2.45, 2.75) is 13.5 Å². The van der Waals surface area contributed by atoms with Crippen LogP contribution in [0, 0.1) is 6.92 Å². The molecule has 0 saturated carbocycles. The number of hydrazone groups is 1. The van der Waals surface area contributed by atoms with Gasteiger partial charge in [-0.05, 0) is 47.9 Å². The third-order valence-electron chi connectivity index (χ3n) is 4.57. The minimum Gasteiger partial charge on any atom is -0.484 e. The topological polar surface area (TPSA) is 109 Å². The summed E-state index contributed by atoms with van der Waals surface area (Å²) in [6.07, 6.45) is 1.36. The fourth-order valence-corrected chi connectivity index (χ4v) is 2.96. The molecule has 0 fully saturated rings. The Labute approximate surface area is 202 Å². The Balaban J connectivity index is 1.44. The first-order valence-corrected chi connectivity index (χ1v) is 10.7. The van der Waals surface area contributed by atoms with Crippen molar-refractivity contribution < 1.29 is 19.1 Å². The highest BCUT2D eigenvalue weighted by Gasteiger charge is 2.11. The zero-order valence-corrected chi connectivity index (χ0v) is 19.1. The van der Waals surface area contributed by atoms with E-state index < -0.39 is 11.8 Å². The van der Waals surface area contributed by atoms with E-state index >= 15 is 0 Å². The maximum absolute atomic E-state index is 12.1. The number of rotatable bonds is 8. The van der Waals surface area contributed by atoms with Gasteiger partial charge in [0.2, 0.25) is 0 Å². The van der Waals surface area contributed by atoms with Crippen LogP contribution in [0.15, 0.2) is 77.9 Å². The predicted octanol–water partition coefficient (Wildman–Crippen LogP) is 3.43. The van der Waals surface area contributed by atoms with Crippen molar-refractivity contribution in [2.75, 3.05) is 11.9 Å². The molecule has 3 aromatic rings. The first-order valence-electron chi connectivity index (χ1n) is 10.3. The van der Waals surface area contributed by atoms with Crippen LogP contribution >= 0.6 is 11.6 Å². The number of halogens is 1. The zero-order chi connectivity index (χ0) is 24.3. The number of hydrogen-bond donors (Lipinski definition) is 3. The summed E-state index contributed by atoms with van der Waals surface area (Å²) >= 11 is 6.06. The molecule has 0 unspecified atom stereocenters. The molecule has 3 rings (SSSR count). The van der Waals surface area contributed by atoms with Gasteiger partial charge in [0, 0.05) is 17.3 Å². The third-order valence-corrected chi connectivity index (χ3v) is 4.97. The van der Waals surface area contributed by atoms with Gasteiger partial charge in [-0.25, -0.2) is 5.43 Å². The standard InChI is InChI=1S/C25H23ClN4O4/c1-17-10-11-20(13-22(17)26)29-23(31)16-34-21-9-5-8-19(12-21)15-28-30-25(33)24(32)27-14-18-6-3-2-4-7-18/h2-13,15H,14,16H2,1H3,(H,27,32)(H,29,31)(H,30,33)/b28-15-. The number of hydrogen-bond acceptors (Lipinski definition) is 5. The molecule has 34 heavy (non-hydrogen) atoms. The van der Waals surface area contributed by atoms with Crippen LogP contribution in [0.4, 0.5) is 5.69 Å². The number of carbonyl (C=O) groups is 3. The largest absolute Gasteiger partial charge is 0.484 e. The van der Waals surface area contributed by atoms with Gasteiger partial charge in [-0.15, -0.1) is 0 Å². The van der Waals surface area contributed by atoms with Gasteiger partial charge < -0.3 is 15.4 Å². The third kappa shape index (κ3) is 7.75. The van der Waals surface area contributed by atoms with Gasteiger partial charge in [-0.3, -0.25) is 14.4 Å². The minimum atomic E-state index is -0.882. The molecule has 174 valence electrons. The van der Waals surface area contributed by atoms with Gasteiger partial charge in [0.1, 0.15) is 5.75 Å². The van der Waals surface area contributed by atoms with Crippen LogP contribution in [-0.4, -0.2) is 30.5 Å². The lowest BCUT2D eigenvalue weighted by molar-refractivity contribution is -0.139. The number of benzene rings is 3. The van der Waals surface area contributed by atoms with Crippen molar-refractivity contribution in [3.05, 3.63) is 94.5 Å². The molecular formula is C25H23ClN4O4. The fraction of sp³-hybridized carbons (Fsp3) is 0.120. The maximum atomic E-state index is 12.1. The van der Waals surface area contributed by atoms with Crippen LogP contribution in [0.1, 0.15) is 16.7 Å². The molecule has 0 aliphatic rings. The lowest BCUT2D eigenvalue weighted by Crippen LogP contribution is -2.37. The summed E-state index contributed by atoms with van der Waals surface area (Å²) in [7, 11) is 0. The van der Waals surface area contributed by atoms with Crippen LogP contribution < -0.4 is 20.8 Å². The molecule has 3 amide bonds. The molecule has 0 aliphatic carbocycles. The Kier molecular flexibility index (Phi) is 8.76. The molecule has 0 saturated heterocycles. The monoisotopic (exact) mass is 478 g/mol. The number of amides is 3. The summed E-state index contributed by atoms with van der Waals surface area (Å²) in [5, 5.41) is 9.58. The molecule has 0 bridgehead atoms. The van der Waals surface area contributed by atoms with Gasteiger partial charge in [-0.1, -0.05) is 60.1 Å². The number of anilines is 1. The molecule has 0 spiro atoms. The van der Waals surface area contributed by atoms with Crippen molar-refractivity contribution in [1.29, 1.82) is 0 Å². The molecule has 0 aromatic heterocycles. The summed E-state index contributed by atoms with van der Waals surface area (Å²) in [6.45, 7) is 1.91. The van der Waals surface area contributed by atoms with E-state index in [2.05, 4.69) is 21.2 Å². The van der Waals surface area contributed by atoms with E-state index in [4.69, 9.17) is 16.3 Å². The normalized spacial score (nSPS) is 10.5. The van der Waals surface area contributed by atoms with Crippen LogP contribution in [0.5, 0.6) is 5.75 Å². The van der Waals surface area contributed by atoms with Crippen molar-refractivity contribution in [1.82, 2.24) is 10.7 Å². The summed E-state index contributed by atoms with van der Waals surface area (Å²) < 4.78 is 5.52. The Morgan fingerprint density at radius 1 is 0.971 bits per heavy atom. The van der Waals surface area contributed by atoms with Gasteiger partial charge in [0.25, 0.3) is 5.91 Å². The number of carbonyl (C=O) groups excluding carboxylic acids is 3. The molecule has 0 heterocycles. The molecule has 8 nitrogen and oxygen atoms in total. The molecular weight excluding hydrogens is 456 g/mol. The van der Waals surface area contributed by atoms with Crippen LogP contribution in [0.25, 0.3) is 0 Å². The van der Waals surface area contributed by atoms with Crippen molar-refractivity contribution in [3.63, 3.8) is 0 Å². The molecule has 0 aliphatic heterocycles. The smallest absolute Gasteiger partial charge is 0.329 e. The molecule has 0 radical (unpaired) electrons. The van der Waals surface area contributed by atoms with Crippen LogP contribution in [0.2, 0.25) is 5.02 Å². The second kappa shape index (κ2) is 12.2. The maximum Gasteiger partial charge on any atom is 0.329 e. The number of ether oxygens (including phenoxy) is 1. The zero-order valence-electron chi connectivity index (χ0n) is 18.4. The van der Waals surface area contributed by atoms with E-state index in [1.165, 1.54) is 6.21 Å². The van der Waals surface area contributed by atoms with Crippen LogP contribution in [0.3, 0.4) is 0 Å². The Morgan fingerprint density at radius 2 is 1.76 bits per heavy atom. The predicted molar refractivity (Wildman–Crippen MR) is 131 cm³/mol. The average molecular weight is 479 g/mol. The van der Waals surface area contributed by atoms with Gasteiger partial charge in [0.15, 0.2) is 6.61 Å². The van der Waals surface area contributed by atoms with Gasteiger partial charge in [-0.2, -0.15) is 5.10 Å². The van der Waals surface area contributed by atoms with Crippen molar-refractivity contribution >= 4 is 41.2 Å². The summed E-state index contributed by atoms with van der Waals surface area (Å²) in [5.41, 5.74) is 5.15. The van der Waals surface area contributed by atoms with Crippen LogP contribution in [-0.2, 0) is 20.9 Å². The molecule has 0 atom stereocenters. The van der Waals surface area contributed by atoms with Gasteiger partial charge >= 0.3 is 11.8 Å². The highest BCUT2D eigenvalue weighted by atomic mass is 35.5. The average Bonchev–Trinajstić information content (AvgIpc) is 2.84. The van der Waals surface area contributed by atoms with E-state index in [0.717, 1.165) is 11.1 Å². The van der Waals surface area contributed by atoms with E-state index in [0.29, 0.717) is 22.0 Å². The Morgan fingerprint density at radius 3 is 2.53 bits per heavy atom. The fourth-order valence-electron chi connectivity index (χ4n) is 2.78. The first-order chi connectivity index (χ1) is 16.4.